The molecule has 1 heteroatoms. The molecule has 1 nitrogen and oxygen atoms in total. The maximum absolute atomic E-state index is 3.25. The molecule has 1 atom stereocenters. The zero-order valence-electron chi connectivity index (χ0n) is 6.94. The molecule has 0 fully saturated rings. The summed E-state index contributed by atoms with van der Waals surface area (Å²) in [6.07, 6.45) is 1.25. The molecule has 0 saturated heterocycles. The third kappa shape index (κ3) is 5.84. The van der Waals surface area contributed by atoms with Crippen LogP contribution in [0.15, 0.2) is 0 Å². The second-order valence-electron chi connectivity index (χ2n) is 2.99. The monoisotopic (exact) mass is 128 g/mol. The highest BCUT2D eigenvalue weighted by Crippen LogP contribution is 2.03. The molecule has 0 aromatic carbocycles. The van der Waals surface area contributed by atoms with Crippen molar-refractivity contribution >= 4 is 0 Å². The highest BCUT2D eigenvalue weighted by Gasteiger charge is 2.01. The Hall–Kier alpha value is -0.0400. The van der Waals surface area contributed by atoms with Crippen LogP contribution in [0.5, 0.6) is 0 Å². The van der Waals surface area contributed by atoms with Gasteiger partial charge in [-0.05, 0) is 26.2 Å². The Labute approximate surface area is 58.8 Å². The predicted molar refractivity (Wildman–Crippen MR) is 42.0 cm³/mol. The highest BCUT2D eigenvalue weighted by molar-refractivity contribution is 4.65. The van der Waals surface area contributed by atoms with Crippen LogP contribution in [-0.4, -0.2) is 6.04 Å². The van der Waals surface area contributed by atoms with E-state index in [4.69, 9.17) is 0 Å². The van der Waals surface area contributed by atoms with Gasteiger partial charge in [-0.15, -0.1) is 0 Å². The average molecular weight is 128 g/mol. The summed E-state index contributed by atoms with van der Waals surface area (Å²) in [5, 5.41) is 3.25. The van der Waals surface area contributed by atoms with Gasteiger partial charge >= 0.3 is 0 Å². The fourth-order valence-corrected chi connectivity index (χ4v) is 1.06. The lowest BCUT2D eigenvalue weighted by Gasteiger charge is -2.13. The minimum absolute atomic E-state index is 0.634. The second-order valence-corrected chi connectivity index (χ2v) is 2.99. The van der Waals surface area contributed by atoms with Crippen LogP contribution in [0.2, 0.25) is 0 Å². The second kappa shape index (κ2) is 4.80. The van der Waals surface area contributed by atoms with Crippen molar-refractivity contribution in [2.75, 3.05) is 0 Å². The summed E-state index contributed by atoms with van der Waals surface area (Å²) >= 11 is 0. The van der Waals surface area contributed by atoms with Crippen LogP contribution in [-0.2, 0) is 0 Å². The summed E-state index contributed by atoms with van der Waals surface area (Å²) in [4.78, 5) is 0. The summed E-state index contributed by atoms with van der Waals surface area (Å²) in [7, 11) is 0. The Kier molecular flexibility index (Phi) is 4.78. The molecule has 55 valence electrons. The minimum Gasteiger partial charge on any atom is -0.310 e. The van der Waals surface area contributed by atoms with Gasteiger partial charge in [0.15, 0.2) is 0 Å². The molecule has 0 aliphatic carbocycles. The first-order valence-electron chi connectivity index (χ1n) is 3.70. The maximum atomic E-state index is 3.25. The quantitative estimate of drug-likeness (QED) is 0.612. The number of rotatable bonds is 4. The van der Waals surface area contributed by atoms with E-state index in [1.165, 1.54) is 6.42 Å². The Morgan fingerprint density at radius 3 is 2.22 bits per heavy atom. The lowest BCUT2D eigenvalue weighted by Crippen LogP contribution is -2.23. The van der Waals surface area contributed by atoms with Crippen molar-refractivity contribution in [1.82, 2.24) is 5.32 Å². The molecule has 0 spiro atoms. The minimum atomic E-state index is 0.634. The van der Waals surface area contributed by atoms with Crippen molar-refractivity contribution < 1.29 is 0 Å². The van der Waals surface area contributed by atoms with Crippen LogP contribution in [0, 0.1) is 12.5 Å². The van der Waals surface area contributed by atoms with Crippen molar-refractivity contribution in [3.63, 3.8) is 0 Å². The van der Waals surface area contributed by atoms with Gasteiger partial charge < -0.3 is 5.32 Å². The van der Waals surface area contributed by atoms with Crippen molar-refractivity contribution in [3.8, 4) is 0 Å². The largest absolute Gasteiger partial charge is 0.310 e. The average Bonchev–Trinajstić information content (AvgIpc) is 1.63. The van der Waals surface area contributed by atoms with Crippen molar-refractivity contribution in [2.24, 2.45) is 5.92 Å². The van der Waals surface area contributed by atoms with Gasteiger partial charge in [-0.3, -0.25) is 0 Å². The first kappa shape index (κ1) is 8.96. The van der Waals surface area contributed by atoms with Crippen LogP contribution in [0.25, 0.3) is 0 Å². The van der Waals surface area contributed by atoms with Gasteiger partial charge in [0.2, 0.25) is 0 Å². The SMILES string of the molecule is C[CH]NC(C)CC(C)C. The van der Waals surface area contributed by atoms with Crippen LogP contribution < -0.4 is 5.32 Å². The molecule has 0 amide bonds. The standard InChI is InChI=1S/C8H18N/c1-5-9-8(4)6-7(2)3/h5,7-9H,6H2,1-4H3. The van der Waals surface area contributed by atoms with E-state index in [1.807, 2.05) is 13.5 Å². The van der Waals surface area contributed by atoms with Gasteiger partial charge in [0.05, 0.1) is 0 Å². The normalized spacial score (nSPS) is 14.3. The molecule has 0 aromatic rings. The first-order valence-corrected chi connectivity index (χ1v) is 3.70. The first-order chi connectivity index (χ1) is 4.16. The lowest BCUT2D eigenvalue weighted by molar-refractivity contribution is 0.469. The van der Waals surface area contributed by atoms with Crippen molar-refractivity contribution in [2.45, 2.75) is 40.2 Å². The molecule has 1 unspecified atom stereocenters. The molecule has 1 N–H and O–H groups in total. The van der Waals surface area contributed by atoms with Gasteiger partial charge in [-0.1, -0.05) is 13.8 Å². The van der Waals surface area contributed by atoms with E-state index in [-0.39, 0.29) is 0 Å². The fourth-order valence-electron chi connectivity index (χ4n) is 1.06. The molecule has 0 aliphatic heterocycles. The molecular formula is C8H18N. The summed E-state index contributed by atoms with van der Waals surface area (Å²) < 4.78 is 0. The Morgan fingerprint density at radius 2 is 1.89 bits per heavy atom. The van der Waals surface area contributed by atoms with E-state index >= 15 is 0 Å². The Bertz CT molecular complexity index is 59.6. The van der Waals surface area contributed by atoms with E-state index in [9.17, 15) is 0 Å². The third-order valence-corrected chi connectivity index (χ3v) is 1.28. The van der Waals surface area contributed by atoms with Gasteiger partial charge in [0.25, 0.3) is 0 Å². The zero-order valence-corrected chi connectivity index (χ0v) is 6.94. The molecule has 0 aromatic heterocycles. The van der Waals surface area contributed by atoms with E-state index in [0.29, 0.717) is 6.04 Å². The van der Waals surface area contributed by atoms with Crippen molar-refractivity contribution in [3.05, 3.63) is 6.54 Å². The number of hydrogen-bond donors (Lipinski definition) is 1. The van der Waals surface area contributed by atoms with Crippen LogP contribution in [0.1, 0.15) is 34.1 Å². The van der Waals surface area contributed by atoms with Gasteiger partial charge in [-0.2, -0.15) is 0 Å². The smallest absolute Gasteiger partial charge is 0.0192 e. The van der Waals surface area contributed by atoms with Crippen molar-refractivity contribution in [1.29, 1.82) is 0 Å². The molecule has 0 aliphatic rings. The molecule has 0 bridgehead atoms. The van der Waals surface area contributed by atoms with Gasteiger partial charge in [0, 0.05) is 12.6 Å². The van der Waals surface area contributed by atoms with E-state index in [2.05, 4.69) is 26.1 Å². The van der Waals surface area contributed by atoms with Gasteiger partial charge in [-0.25, -0.2) is 0 Å². The number of hydrogen-bond acceptors (Lipinski definition) is 1. The van der Waals surface area contributed by atoms with Crippen LogP contribution in [0.4, 0.5) is 0 Å². The lowest BCUT2D eigenvalue weighted by atomic mass is 10.1. The van der Waals surface area contributed by atoms with Crippen LogP contribution in [0.3, 0.4) is 0 Å². The molecule has 9 heavy (non-hydrogen) atoms. The molecule has 0 saturated carbocycles. The third-order valence-electron chi connectivity index (χ3n) is 1.28. The molecule has 1 radical (unpaired) electrons. The molecule has 0 heterocycles. The Morgan fingerprint density at radius 1 is 1.33 bits per heavy atom. The molecule has 0 rings (SSSR count). The Balaban J connectivity index is 3.15. The summed E-state index contributed by atoms with van der Waals surface area (Å²) in [6.45, 7) is 10.7. The van der Waals surface area contributed by atoms with E-state index in [1.54, 1.807) is 0 Å². The van der Waals surface area contributed by atoms with E-state index in [0.717, 1.165) is 5.92 Å². The fraction of sp³-hybridized carbons (Fsp3) is 0.875. The summed E-state index contributed by atoms with van der Waals surface area (Å²) in [6, 6.07) is 0.634. The van der Waals surface area contributed by atoms with Gasteiger partial charge in [0.1, 0.15) is 0 Å². The number of nitrogens with one attached hydrogen (secondary N) is 1. The van der Waals surface area contributed by atoms with E-state index < -0.39 is 0 Å². The zero-order chi connectivity index (χ0) is 7.28. The molecular weight excluding hydrogens is 110 g/mol. The summed E-state index contributed by atoms with van der Waals surface area (Å²) in [5.41, 5.74) is 0. The predicted octanol–water partition coefficient (Wildman–Crippen LogP) is 2.19. The highest BCUT2D eigenvalue weighted by atomic mass is 14.9. The maximum Gasteiger partial charge on any atom is 0.0192 e. The summed E-state index contributed by atoms with van der Waals surface area (Å²) in [5.74, 6) is 0.799. The topological polar surface area (TPSA) is 12.0 Å². The van der Waals surface area contributed by atoms with Crippen LogP contribution >= 0.6 is 0 Å².